The Morgan fingerprint density at radius 3 is 2.50 bits per heavy atom. The molecule has 96 valence electrons. The molecule has 0 aromatic rings. The summed E-state index contributed by atoms with van der Waals surface area (Å²) >= 11 is 0. The zero-order valence-electron chi connectivity index (χ0n) is 10.2. The van der Waals surface area contributed by atoms with Gasteiger partial charge in [0, 0.05) is 12.7 Å². The third kappa shape index (κ3) is 2.53. The molecule has 0 heterocycles. The SMILES string of the molecule is COC(C)OS(=O)(=O)c1ccc2cccccc1-2. The summed E-state index contributed by atoms with van der Waals surface area (Å²) in [5.74, 6) is 0. The maximum Gasteiger partial charge on any atom is 0.300 e. The predicted octanol–water partition coefficient (Wildman–Crippen LogP) is 2.49. The molecule has 2 aliphatic rings. The van der Waals surface area contributed by atoms with Gasteiger partial charge >= 0.3 is 0 Å². The maximum absolute atomic E-state index is 12.1. The Hall–Kier alpha value is -1.43. The molecule has 4 nitrogen and oxygen atoms in total. The quantitative estimate of drug-likeness (QED) is 0.630. The average Bonchev–Trinajstić information content (AvgIpc) is 2.60. The molecule has 0 amide bonds. The van der Waals surface area contributed by atoms with Gasteiger partial charge in [-0.05, 0) is 18.6 Å². The first-order chi connectivity index (χ1) is 8.54. The Morgan fingerprint density at radius 1 is 1.06 bits per heavy atom. The van der Waals surface area contributed by atoms with Crippen molar-refractivity contribution in [1.82, 2.24) is 0 Å². The van der Waals surface area contributed by atoms with Crippen molar-refractivity contribution in [2.45, 2.75) is 18.1 Å². The summed E-state index contributed by atoms with van der Waals surface area (Å²) in [6.07, 6.45) is -0.808. The van der Waals surface area contributed by atoms with E-state index in [0.717, 1.165) is 5.56 Å². The first kappa shape index (κ1) is 13.0. The second-order valence-corrected chi connectivity index (χ2v) is 5.37. The Morgan fingerprint density at radius 2 is 1.78 bits per heavy atom. The molecule has 0 bridgehead atoms. The second kappa shape index (κ2) is 5.06. The zero-order chi connectivity index (χ0) is 13.2. The summed E-state index contributed by atoms with van der Waals surface area (Å²) in [5.41, 5.74) is 1.50. The van der Waals surface area contributed by atoms with Crippen LogP contribution in [-0.2, 0) is 19.0 Å². The highest BCUT2D eigenvalue weighted by atomic mass is 32.2. The lowest BCUT2D eigenvalue weighted by molar-refractivity contribution is -0.0336. The molecule has 0 aromatic heterocycles. The van der Waals surface area contributed by atoms with E-state index < -0.39 is 16.4 Å². The van der Waals surface area contributed by atoms with Gasteiger partial charge in [-0.15, -0.1) is 0 Å². The van der Waals surface area contributed by atoms with Crippen molar-refractivity contribution in [1.29, 1.82) is 0 Å². The van der Waals surface area contributed by atoms with Gasteiger partial charge in [0.2, 0.25) is 0 Å². The standard InChI is InChI=1S/C13H14O4S/c1-10(16-2)17-18(14,15)13-9-8-11-6-4-3-5-7-12(11)13/h3-10H,1-2H3. The summed E-state index contributed by atoms with van der Waals surface area (Å²) in [5, 5.41) is 0. The molecular weight excluding hydrogens is 252 g/mol. The Bertz CT molecular complexity index is 606. The summed E-state index contributed by atoms with van der Waals surface area (Å²) in [4.78, 5) is 0.164. The average molecular weight is 266 g/mol. The number of ether oxygens (including phenoxy) is 1. The molecule has 0 saturated carbocycles. The van der Waals surface area contributed by atoms with Crippen molar-refractivity contribution < 1.29 is 17.3 Å². The molecule has 2 aliphatic carbocycles. The summed E-state index contributed by atoms with van der Waals surface area (Å²) < 4.78 is 33.9. The largest absolute Gasteiger partial charge is 0.355 e. The van der Waals surface area contributed by atoms with Crippen LogP contribution in [-0.4, -0.2) is 21.8 Å². The van der Waals surface area contributed by atoms with E-state index in [2.05, 4.69) is 0 Å². The highest BCUT2D eigenvalue weighted by molar-refractivity contribution is 7.87. The minimum absolute atomic E-state index is 0.164. The van der Waals surface area contributed by atoms with Gasteiger partial charge in [-0.1, -0.05) is 36.4 Å². The molecule has 18 heavy (non-hydrogen) atoms. The van der Waals surface area contributed by atoms with E-state index >= 15 is 0 Å². The lowest BCUT2D eigenvalue weighted by Gasteiger charge is -2.11. The van der Waals surface area contributed by atoms with Gasteiger partial charge < -0.3 is 4.74 Å². The van der Waals surface area contributed by atoms with Gasteiger partial charge in [0.1, 0.15) is 4.90 Å². The zero-order valence-corrected chi connectivity index (χ0v) is 11.0. The normalized spacial score (nSPS) is 13.7. The third-order valence-corrected chi connectivity index (χ3v) is 4.03. The van der Waals surface area contributed by atoms with Gasteiger partial charge in [-0.2, -0.15) is 8.42 Å². The summed E-state index contributed by atoms with van der Waals surface area (Å²) in [7, 11) is -2.42. The number of hydrogen-bond donors (Lipinski definition) is 0. The molecule has 0 fully saturated rings. The van der Waals surface area contributed by atoms with E-state index in [1.54, 1.807) is 24.3 Å². The lowest BCUT2D eigenvalue weighted by atomic mass is 10.2. The molecule has 0 aliphatic heterocycles. The van der Waals surface area contributed by atoms with Crippen LogP contribution in [0.1, 0.15) is 6.92 Å². The molecule has 5 heteroatoms. The molecule has 0 spiro atoms. The molecule has 0 radical (unpaired) electrons. The van der Waals surface area contributed by atoms with Gasteiger partial charge in [0.25, 0.3) is 10.1 Å². The van der Waals surface area contributed by atoms with Crippen LogP contribution in [0, 0.1) is 0 Å². The predicted molar refractivity (Wildman–Crippen MR) is 67.8 cm³/mol. The van der Waals surface area contributed by atoms with Gasteiger partial charge in [-0.3, -0.25) is 0 Å². The summed E-state index contributed by atoms with van der Waals surface area (Å²) in [6.45, 7) is 1.53. The molecule has 1 atom stereocenters. The number of rotatable bonds is 4. The molecule has 0 N–H and O–H groups in total. The van der Waals surface area contributed by atoms with E-state index in [9.17, 15) is 8.42 Å². The van der Waals surface area contributed by atoms with Gasteiger partial charge in [0.15, 0.2) is 6.29 Å². The van der Waals surface area contributed by atoms with E-state index in [0.29, 0.717) is 5.56 Å². The van der Waals surface area contributed by atoms with E-state index in [4.69, 9.17) is 8.92 Å². The van der Waals surface area contributed by atoms with E-state index in [-0.39, 0.29) is 4.90 Å². The van der Waals surface area contributed by atoms with Crippen molar-refractivity contribution in [2.75, 3.05) is 7.11 Å². The topological polar surface area (TPSA) is 52.6 Å². The van der Waals surface area contributed by atoms with Gasteiger partial charge in [-0.25, -0.2) is 4.18 Å². The van der Waals surface area contributed by atoms with Crippen molar-refractivity contribution >= 4 is 10.1 Å². The van der Waals surface area contributed by atoms with Crippen molar-refractivity contribution in [3.8, 4) is 11.1 Å². The van der Waals surface area contributed by atoms with Crippen LogP contribution in [0.25, 0.3) is 11.1 Å². The van der Waals surface area contributed by atoms with Crippen molar-refractivity contribution in [2.24, 2.45) is 0 Å². The minimum atomic E-state index is -3.81. The Kier molecular flexibility index (Phi) is 3.65. The molecular formula is C13H14O4S. The number of hydrogen-bond acceptors (Lipinski definition) is 4. The number of methoxy groups -OCH3 is 1. The highest BCUT2D eigenvalue weighted by Crippen LogP contribution is 2.31. The highest BCUT2D eigenvalue weighted by Gasteiger charge is 2.24. The van der Waals surface area contributed by atoms with Crippen LogP contribution in [0.3, 0.4) is 0 Å². The van der Waals surface area contributed by atoms with Crippen LogP contribution >= 0.6 is 0 Å². The maximum atomic E-state index is 12.1. The monoisotopic (exact) mass is 266 g/mol. The first-order valence-electron chi connectivity index (χ1n) is 5.48. The van der Waals surface area contributed by atoms with Crippen molar-refractivity contribution in [3.63, 3.8) is 0 Å². The van der Waals surface area contributed by atoms with Crippen molar-refractivity contribution in [3.05, 3.63) is 42.5 Å². The number of fused-ring (bicyclic) bond motifs is 1. The molecule has 0 saturated heterocycles. The fraction of sp³-hybridized carbons (Fsp3) is 0.231. The first-order valence-corrected chi connectivity index (χ1v) is 6.89. The lowest BCUT2D eigenvalue weighted by Crippen LogP contribution is -2.17. The van der Waals surface area contributed by atoms with Gasteiger partial charge in [0.05, 0.1) is 0 Å². The van der Waals surface area contributed by atoms with Crippen LogP contribution in [0.2, 0.25) is 0 Å². The smallest absolute Gasteiger partial charge is 0.300 e. The Balaban J connectivity index is 2.45. The molecule has 2 rings (SSSR count). The third-order valence-electron chi connectivity index (χ3n) is 2.62. The summed E-state index contributed by atoms with van der Waals surface area (Å²) in [6, 6.07) is 12.4. The minimum Gasteiger partial charge on any atom is -0.355 e. The Labute approximate surface area is 107 Å². The van der Waals surface area contributed by atoms with Crippen LogP contribution in [0.5, 0.6) is 0 Å². The fourth-order valence-electron chi connectivity index (χ4n) is 1.67. The van der Waals surface area contributed by atoms with Crippen LogP contribution in [0.4, 0.5) is 0 Å². The van der Waals surface area contributed by atoms with E-state index in [1.165, 1.54) is 14.0 Å². The molecule has 1 unspecified atom stereocenters. The molecule has 0 aromatic carbocycles. The van der Waals surface area contributed by atoms with Crippen LogP contribution in [0.15, 0.2) is 47.4 Å². The van der Waals surface area contributed by atoms with E-state index in [1.807, 2.05) is 18.2 Å². The van der Waals surface area contributed by atoms with Crippen LogP contribution < -0.4 is 0 Å². The fourth-order valence-corrected chi connectivity index (χ4v) is 2.90. The second-order valence-electron chi connectivity index (χ2n) is 3.83.